The molecule has 0 aliphatic carbocycles. The van der Waals surface area contributed by atoms with Crippen LogP contribution in [0, 0.1) is 18.7 Å². The van der Waals surface area contributed by atoms with E-state index >= 15 is 0 Å². The smallest absolute Gasteiger partial charge is 0.220 e. The maximum Gasteiger partial charge on any atom is 0.220 e. The van der Waals surface area contributed by atoms with Crippen molar-refractivity contribution in [1.29, 1.82) is 0 Å². The molecule has 1 amide bonds. The number of nitrogens with zero attached hydrogens (tertiary/aromatic N) is 2. The Balaban J connectivity index is 0.00000261. The minimum atomic E-state index is -0.270. The van der Waals surface area contributed by atoms with E-state index in [0.717, 1.165) is 49.3 Å². The summed E-state index contributed by atoms with van der Waals surface area (Å²) in [5, 5.41) is 10.8. The van der Waals surface area contributed by atoms with Crippen molar-refractivity contribution >= 4 is 18.3 Å². The Morgan fingerprint density at radius 2 is 2.00 bits per heavy atom. The summed E-state index contributed by atoms with van der Waals surface area (Å²) in [5.41, 5.74) is 2.73. The van der Waals surface area contributed by atoms with Gasteiger partial charge < -0.3 is 10.6 Å². The van der Waals surface area contributed by atoms with E-state index in [4.69, 9.17) is 0 Å². The van der Waals surface area contributed by atoms with Gasteiger partial charge in [0.1, 0.15) is 5.82 Å². The number of benzene rings is 1. The number of rotatable bonds is 6. The average molecular weight is 395 g/mol. The number of piperidine rings is 1. The summed E-state index contributed by atoms with van der Waals surface area (Å²) in [5.74, 6) is 0.471. The van der Waals surface area contributed by atoms with E-state index in [9.17, 15) is 9.18 Å². The second-order valence-corrected chi connectivity index (χ2v) is 7.09. The monoisotopic (exact) mass is 394 g/mol. The number of halogens is 2. The SMILES string of the molecule is Cc1c(C(C)NC(=O)CCC2CCNCC2)cnn1-c1ccc(F)cc1.Cl. The predicted molar refractivity (Wildman–Crippen MR) is 107 cm³/mol. The Morgan fingerprint density at radius 3 is 2.67 bits per heavy atom. The summed E-state index contributed by atoms with van der Waals surface area (Å²) in [6, 6.07) is 6.12. The van der Waals surface area contributed by atoms with Crippen LogP contribution >= 0.6 is 12.4 Å². The van der Waals surface area contributed by atoms with Crippen molar-refractivity contribution in [2.75, 3.05) is 13.1 Å². The third kappa shape index (κ3) is 5.53. The quantitative estimate of drug-likeness (QED) is 0.785. The topological polar surface area (TPSA) is 59.0 Å². The van der Waals surface area contributed by atoms with Crippen LogP contribution < -0.4 is 10.6 Å². The lowest BCUT2D eigenvalue weighted by atomic mass is 9.93. The molecule has 1 fully saturated rings. The number of hydrogen-bond donors (Lipinski definition) is 2. The van der Waals surface area contributed by atoms with Crippen LogP contribution in [0.5, 0.6) is 0 Å². The first kappa shape index (κ1) is 21.4. The van der Waals surface area contributed by atoms with Gasteiger partial charge in [-0.2, -0.15) is 5.10 Å². The lowest BCUT2D eigenvalue weighted by Gasteiger charge is -2.22. The zero-order chi connectivity index (χ0) is 18.5. The van der Waals surface area contributed by atoms with E-state index in [0.29, 0.717) is 12.3 Å². The normalized spacial score (nSPS) is 15.8. The molecule has 1 aliphatic rings. The minimum absolute atomic E-state index is 0. The van der Waals surface area contributed by atoms with Gasteiger partial charge in [-0.05, 0) is 76.4 Å². The molecule has 2 N–H and O–H groups in total. The molecule has 27 heavy (non-hydrogen) atoms. The Hall–Kier alpha value is -1.92. The van der Waals surface area contributed by atoms with Gasteiger partial charge >= 0.3 is 0 Å². The van der Waals surface area contributed by atoms with Crippen molar-refractivity contribution in [1.82, 2.24) is 20.4 Å². The number of carbonyl (C=O) groups excluding carboxylic acids is 1. The second-order valence-electron chi connectivity index (χ2n) is 7.09. The summed E-state index contributed by atoms with van der Waals surface area (Å²) in [6.07, 6.45) is 5.61. The highest BCUT2D eigenvalue weighted by Gasteiger charge is 2.18. The fourth-order valence-electron chi connectivity index (χ4n) is 3.59. The van der Waals surface area contributed by atoms with E-state index in [1.165, 1.54) is 12.1 Å². The van der Waals surface area contributed by atoms with Crippen molar-refractivity contribution in [2.45, 2.75) is 45.6 Å². The maximum atomic E-state index is 13.1. The molecule has 0 radical (unpaired) electrons. The molecule has 7 heteroatoms. The standard InChI is InChI=1S/C20H27FN4O.ClH/c1-14(24-20(26)8-3-16-9-11-22-12-10-16)19-13-23-25(15(19)2)18-6-4-17(21)5-7-18;/h4-7,13-14,16,22H,3,8-12H2,1-2H3,(H,24,26);1H. The fourth-order valence-corrected chi connectivity index (χ4v) is 3.59. The Morgan fingerprint density at radius 1 is 1.33 bits per heavy atom. The van der Waals surface area contributed by atoms with Crippen LogP contribution in [0.2, 0.25) is 0 Å². The average Bonchev–Trinajstić information content (AvgIpc) is 3.03. The molecule has 1 atom stereocenters. The van der Waals surface area contributed by atoms with Crippen molar-refractivity contribution in [2.24, 2.45) is 5.92 Å². The van der Waals surface area contributed by atoms with Gasteiger partial charge in [-0.25, -0.2) is 9.07 Å². The van der Waals surface area contributed by atoms with Crippen LogP contribution in [0.4, 0.5) is 4.39 Å². The van der Waals surface area contributed by atoms with E-state index in [1.807, 2.05) is 13.8 Å². The molecule has 1 aromatic carbocycles. The van der Waals surface area contributed by atoms with Crippen molar-refractivity contribution in [3.8, 4) is 5.69 Å². The van der Waals surface area contributed by atoms with Gasteiger partial charge in [-0.1, -0.05) is 0 Å². The lowest BCUT2D eigenvalue weighted by Crippen LogP contribution is -2.30. The molecule has 0 saturated carbocycles. The molecule has 5 nitrogen and oxygen atoms in total. The second kappa shape index (κ2) is 9.85. The molecule has 1 saturated heterocycles. The van der Waals surface area contributed by atoms with Gasteiger partial charge in [0.15, 0.2) is 0 Å². The Labute approximate surface area is 166 Å². The molecular formula is C20H28ClFN4O. The summed E-state index contributed by atoms with van der Waals surface area (Å²) < 4.78 is 14.9. The molecule has 148 valence electrons. The highest BCUT2D eigenvalue weighted by Crippen LogP contribution is 2.21. The van der Waals surface area contributed by atoms with Crippen LogP contribution in [-0.2, 0) is 4.79 Å². The van der Waals surface area contributed by atoms with E-state index in [2.05, 4.69) is 15.7 Å². The summed E-state index contributed by atoms with van der Waals surface area (Å²) >= 11 is 0. The molecule has 2 aromatic rings. The molecule has 0 bridgehead atoms. The molecular weight excluding hydrogens is 367 g/mol. The molecule has 1 aliphatic heterocycles. The summed E-state index contributed by atoms with van der Waals surface area (Å²) in [4.78, 5) is 12.3. The number of aromatic nitrogens is 2. The van der Waals surface area contributed by atoms with Crippen LogP contribution in [-0.4, -0.2) is 28.8 Å². The highest BCUT2D eigenvalue weighted by atomic mass is 35.5. The molecule has 2 heterocycles. The van der Waals surface area contributed by atoms with Crippen molar-refractivity contribution < 1.29 is 9.18 Å². The molecule has 1 aromatic heterocycles. The predicted octanol–water partition coefficient (Wildman–Crippen LogP) is 3.70. The number of hydrogen-bond acceptors (Lipinski definition) is 3. The largest absolute Gasteiger partial charge is 0.349 e. The zero-order valence-corrected chi connectivity index (χ0v) is 16.7. The first-order valence-electron chi connectivity index (χ1n) is 9.35. The minimum Gasteiger partial charge on any atom is -0.349 e. The van der Waals surface area contributed by atoms with Gasteiger partial charge in [-0.3, -0.25) is 4.79 Å². The fraction of sp³-hybridized carbons (Fsp3) is 0.500. The van der Waals surface area contributed by atoms with Gasteiger partial charge in [0, 0.05) is 17.7 Å². The first-order valence-corrected chi connectivity index (χ1v) is 9.35. The first-order chi connectivity index (χ1) is 12.5. The van der Waals surface area contributed by atoms with Crippen LogP contribution in [0.15, 0.2) is 30.5 Å². The van der Waals surface area contributed by atoms with E-state index < -0.39 is 0 Å². The summed E-state index contributed by atoms with van der Waals surface area (Å²) in [6.45, 7) is 6.06. The van der Waals surface area contributed by atoms with Crippen LogP contribution in [0.25, 0.3) is 5.69 Å². The van der Waals surface area contributed by atoms with Gasteiger partial charge in [0.05, 0.1) is 17.9 Å². The van der Waals surface area contributed by atoms with E-state index in [1.54, 1.807) is 23.0 Å². The molecule has 1 unspecified atom stereocenters. The molecule has 3 rings (SSSR count). The van der Waals surface area contributed by atoms with Crippen molar-refractivity contribution in [3.05, 3.63) is 47.5 Å². The van der Waals surface area contributed by atoms with Gasteiger partial charge in [0.2, 0.25) is 5.91 Å². The highest BCUT2D eigenvalue weighted by molar-refractivity contribution is 5.85. The molecule has 0 spiro atoms. The number of carbonyl (C=O) groups is 1. The maximum absolute atomic E-state index is 13.1. The van der Waals surface area contributed by atoms with Crippen LogP contribution in [0.3, 0.4) is 0 Å². The van der Waals surface area contributed by atoms with Crippen molar-refractivity contribution in [3.63, 3.8) is 0 Å². The number of nitrogens with one attached hydrogen (secondary N) is 2. The third-order valence-electron chi connectivity index (χ3n) is 5.20. The van der Waals surface area contributed by atoms with Gasteiger partial charge in [-0.15, -0.1) is 12.4 Å². The van der Waals surface area contributed by atoms with Gasteiger partial charge in [0.25, 0.3) is 0 Å². The number of amides is 1. The Kier molecular flexibility index (Phi) is 7.80. The van der Waals surface area contributed by atoms with E-state index in [-0.39, 0.29) is 30.2 Å². The summed E-state index contributed by atoms with van der Waals surface area (Å²) in [7, 11) is 0. The lowest BCUT2D eigenvalue weighted by molar-refractivity contribution is -0.122. The Bertz CT molecular complexity index is 741. The van der Waals surface area contributed by atoms with Crippen LogP contribution in [0.1, 0.15) is 49.9 Å². The zero-order valence-electron chi connectivity index (χ0n) is 15.9. The third-order valence-corrected chi connectivity index (χ3v) is 5.20.